The van der Waals surface area contributed by atoms with Crippen LogP contribution in [0.15, 0.2) is 77.3 Å². The number of hydrogen-bond acceptors (Lipinski definition) is 6. The number of esters is 1. The maximum Gasteiger partial charge on any atom is 0.338 e. The molecule has 0 atom stereocenters. The van der Waals surface area contributed by atoms with Crippen LogP contribution < -0.4 is 9.47 Å². The van der Waals surface area contributed by atoms with Crippen LogP contribution >= 0.6 is 0 Å². The second kappa shape index (κ2) is 15.4. The van der Waals surface area contributed by atoms with E-state index in [9.17, 15) is 4.79 Å². The minimum absolute atomic E-state index is 0.356. The first-order valence-electron chi connectivity index (χ1n) is 12.0. The number of nitrogens with zero attached hydrogens (tertiary/aromatic N) is 1. The lowest BCUT2D eigenvalue weighted by Crippen LogP contribution is -2.12. The van der Waals surface area contributed by atoms with Crippen molar-refractivity contribution in [3.63, 3.8) is 0 Å². The van der Waals surface area contributed by atoms with Gasteiger partial charge in [0.05, 0.1) is 31.6 Å². The molecule has 6 nitrogen and oxygen atoms in total. The van der Waals surface area contributed by atoms with Crippen molar-refractivity contribution < 1.29 is 23.7 Å². The van der Waals surface area contributed by atoms with E-state index in [-0.39, 0.29) is 5.97 Å². The van der Waals surface area contributed by atoms with Crippen molar-refractivity contribution in [2.24, 2.45) is 4.99 Å². The summed E-state index contributed by atoms with van der Waals surface area (Å²) in [4.78, 5) is 16.4. The zero-order valence-electron chi connectivity index (χ0n) is 22.2. The molecule has 0 heterocycles. The van der Waals surface area contributed by atoms with Crippen LogP contribution in [0.3, 0.4) is 0 Å². The Bertz CT molecular complexity index is 1110. The molecule has 0 N–H and O–H groups in total. The van der Waals surface area contributed by atoms with Gasteiger partial charge in [-0.25, -0.2) is 4.79 Å². The summed E-state index contributed by atoms with van der Waals surface area (Å²) < 4.78 is 21.8. The van der Waals surface area contributed by atoms with Crippen molar-refractivity contribution in [2.75, 3.05) is 33.5 Å². The first-order valence-corrected chi connectivity index (χ1v) is 12.0. The second-order valence-electron chi connectivity index (χ2n) is 8.12. The smallest absolute Gasteiger partial charge is 0.338 e. The van der Waals surface area contributed by atoms with E-state index in [0.717, 1.165) is 33.9 Å². The van der Waals surface area contributed by atoms with Crippen LogP contribution in [-0.2, 0) is 9.47 Å². The van der Waals surface area contributed by atoms with Gasteiger partial charge in [-0.15, -0.1) is 0 Å². The third-order valence-corrected chi connectivity index (χ3v) is 5.18. The Labute approximate surface area is 214 Å². The number of benzene rings is 2. The molecule has 0 amide bonds. The highest BCUT2D eigenvalue weighted by molar-refractivity contribution is 5.97. The average molecular weight is 492 g/mol. The van der Waals surface area contributed by atoms with Gasteiger partial charge in [0.25, 0.3) is 0 Å². The van der Waals surface area contributed by atoms with Crippen molar-refractivity contribution in [1.29, 1.82) is 0 Å². The van der Waals surface area contributed by atoms with E-state index >= 15 is 0 Å². The fourth-order valence-electron chi connectivity index (χ4n) is 3.48. The van der Waals surface area contributed by atoms with Gasteiger partial charge in [0.2, 0.25) is 0 Å². The van der Waals surface area contributed by atoms with Gasteiger partial charge >= 0.3 is 5.97 Å². The summed E-state index contributed by atoms with van der Waals surface area (Å²) in [7, 11) is 1.37. The van der Waals surface area contributed by atoms with Crippen LogP contribution in [0, 0.1) is 6.92 Å². The largest absolute Gasteiger partial charge is 0.491 e. The molecule has 0 unspecified atom stereocenters. The van der Waals surface area contributed by atoms with Gasteiger partial charge in [0.15, 0.2) is 0 Å². The van der Waals surface area contributed by atoms with Crippen LogP contribution in [0.1, 0.15) is 49.2 Å². The third-order valence-electron chi connectivity index (χ3n) is 5.18. The van der Waals surface area contributed by atoms with Gasteiger partial charge in [-0.2, -0.15) is 0 Å². The number of allylic oxidation sites excluding steroid dienone is 5. The minimum atomic E-state index is -0.356. The highest BCUT2D eigenvalue weighted by Gasteiger charge is 2.09. The van der Waals surface area contributed by atoms with E-state index in [1.807, 2.05) is 70.2 Å². The molecule has 36 heavy (non-hydrogen) atoms. The van der Waals surface area contributed by atoms with Crippen LogP contribution in [-0.4, -0.2) is 45.2 Å². The molecule has 0 saturated heterocycles. The Morgan fingerprint density at radius 1 is 0.917 bits per heavy atom. The number of hydrogen-bond donors (Lipinski definition) is 0. The highest BCUT2D eigenvalue weighted by atomic mass is 16.5. The van der Waals surface area contributed by atoms with E-state index in [1.165, 1.54) is 7.11 Å². The summed E-state index contributed by atoms with van der Waals surface area (Å²) in [5, 5.41) is 0. The number of aryl methyl sites for hydroxylation is 1. The van der Waals surface area contributed by atoms with Crippen molar-refractivity contribution in [3.05, 3.63) is 89.0 Å². The Balaban J connectivity index is 1.73. The first kappa shape index (κ1) is 28.6. The second-order valence-corrected chi connectivity index (χ2v) is 8.12. The van der Waals surface area contributed by atoms with Crippen LogP contribution in [0.4, 0.5) is 0 Å². The lowest BCUT2D eigenvalue weighted by molar-refractivity contribution is 0.0599. The molecule has 0 aliphatic carbocycles. The number of carbonyl (C=O) groups is 1. The normalized spacial score (nSPS) is 12.7. The first-order chi connectivity index (χ1) is 17.4. The minimum Gasteiger partial charge on any atom is -0.491 e. The monoisotopic (exact) mass is 491 g/mol. The molecule has 0 aromatic heterocycles. The summed E-state index contributed by atoms with van der Waals surface area (Å²) in [6.07, 6.45) is 8.14. The summed E-state index contributed by atoms with van der Waals surface area (Å²) >= 11 is 0. The Morgan fingerprint density at radius 3 is 2.14 bits per heavy atom. The zero-order valence-corrected chi connectivity index (χ0v) is 22.2. The van der Waals surface area contributed by atoms with E-state index in [0.29, 0.717) is 37.7 Å². The van der Waals surface area contributed by atoms with Gasteiger partial charge in [0.1, 0.15) is 24.7 Å². The topological polar surface area (TPSA) is 66.3 Å². The van der Waals surface area contributed by atoms with Crippen molar-refractivity contribution >= 4 is 17.4 Å². The maximum atomic E-state index is 11.7. The number of aliphatic imine (C=N–C) groups is 1. The fraction of sp³-hybridized carbons (Fsp3) is 0.333. The molecular weight excluding hydrogens is 454 g/mol. The SMILES string of the molecule is C\C=C/C(C)=C\C(C)=N\C(=C/C)c1ccc(OCCOCCOc2ccc(C(=O)OC)c(C)c2)cc1. The van der Waals surface area contributed by atoms with Gasteiger partial charge in [-0.05, 0) is 94.3 Å². The molecule has 0 saturated carbocycles. The molecular formula is C30H37NO5. The standard InChI is InChI=1S/C30H37NO5/c1-7-9-22(3)20-24(5)31-29(8-2)25-10-12-26(13-11-25)35-18-16-34-17-19-36-27-14-15-28(23(4)21-27)30(32)33-6/h7-15,20-21H,16-19H2,1-6H3/b9-7-,22-20-,29-8-,31-24+. The third kappa shape index (κ3) is 9.55. The summed E-state index contributed by atoms with van der Waals surface area (Å²) in [5.41, 5.74) is 5.40. The Kier molecular flexibility index (Phi) is 12.2. The average Bonchev–Trinajstić information content (AvgIpc) is 2.87. The lowest BCUT2D eigenvalue weighted by Gasteiger charge is -2.10. The van der Waals surface area contributed by atoms with Gasteiger partial charge < -0.3 is 18.9 Å². The predicted molar refractivity (Wildman–Crippen MR) is 146 cm³/mol. The molecule has 0 aliphatic heterocycles. The van der Waals surface area contributed by atoms with Gasteiger partial charge in [-0.1, -0.05) is 18.2 Å². The molecule has 0 spiro atoms. The fourth-order valence-corrected chi connectivity index (χ4v) is 3.48. The molecule has 2 aromatic carbocycles. The summed E-state index contributed by atoms with van der Waals surface area (Å²) in [6.45, 7) is 11.6. The Morgan fingerprint density at radius 2 is 1.56 bits per heavy atom. The zero-order chi connectivity index (χ0) is 26.3. The molecule has 0 bridgehead atoms. The van der Waals surface area contributed by atoms with Crippen LogP contribution in [0.5, 0.6) is 11.5 Å². The quantitative estimate of drug-likeness (QED) is 0.137. The van der Waals surface area contributed by atoms with Crippen molar-refractivity contribution in [1.82, 2.24) is 0 Å². The number of carbonyl (C=O) groups excluding carboxylic acids is 1. The number of rotatable bonds is 13. The summed E-state index contributed by atoms with van der Waals surface area (Å²) in [5.74, 6) is 1.11. The molecule has 0 fully saturated rings. The number of methoxy groups -OCH3 is 1. The van der Waals surface area contributed by atoms with Crippen molar-refractivity contribution in [2.45, 2.75) is 34.6 Å². The molecule has 2 aromatic rings. The van der Waals surface area contributed by atoms with E-state index in [2.05, 4.69) is 19.1 Å². The predicted octanol–water partition coefficient (Wildman–Crippen LogP) is 6.60. The maximum absolute atomic E-state index is 11.7. The molecule has 192 valence electrons. The van der Waals surface area contributed by atoms with Crippen LogP contribution in [0.25, 0.3) is 5.70 Å². The molecule has 2 rings (SSSR count). The lowest BCUT2D eigenvalue weighted by atomic mass is 10.1. The highest BCUT2D eigenvalue weighted by Crippen LogP contribution is 2.21. The molecule has 0 aliphatic rings. The Hall–Kier alpha value is -3.64. The van der Waals surface area contributed by atoms with Crippen LogP contribution in [0.2, 0.25) is 0 Å². The summed E-state index contributed by atoms with van der Waals surface area (Å²) in [6, 6.07) is 13.2. The van der Waals surface area contributed by atoms with E-state index in [1.54, 1.807) is 12.1 Å². The van der Waals surface area contributed by atoms with Gasteiger partial charge in [-0.3, -0.25) is 4.99 Å². The molecule has 6 heteroatoms. The van der Waals surface area contributed by atoms with E-state index in [4.69, 9.17) is 23.9 Å². The van der Waals surface area contributed by atoms with E-state index < -0.39 is 0 Å². The molecule has 0 radical (unpaired) electrons. The number of ether oxygens (including phenoxy) is 4. The van der Waals surface area contributed by atoms with Gasteiger partial charge in [0, 0.05) is 11.3 Å². The van der Waals surface area contributed by atoms with Crippen molar-refractivity contribution in [3.8, 4) is 11.5 Å².